The molecule has 0 unspecified atom stereocenters. The van der Waals surface area contributed by atoms with Crippen LogP contribution < -0.4 is 4.74 Å². The van der Waals surface area contributed by atoms with Gasteiger partial charge in [-0.2, -0.15) is 0 Å². The molecule has 0 amide bonds. The number of hydrogen-bond acceptors (Lipinski definition) is 5. The Labute approximate surface area is 123 Å². The van der Waals surface area contributed by atoms with Crippen LogP contribution in [0.4, 0.5) is 0 Å². The maximum Gasteiger partial charge on any atom is 0.126 e. The van der Waals surface area contributed by atoms with E-state index in [2.05, 4.69) is 6.08 Å². The maximum absolute atomic E-state index is 5.34. The van der Waals surface area contributed by atoms with E-state index in [4.69, 9.17) is 4.74 Å². The minimum Gasteiger partial charge on any atom is -0.870 e. The van der Waals surface area contributed by atoms with Crippen LogP contribution in [-0.4, -0.2) is 28.5 Å². The van der Waals surface area contributed by atoms with Crippen molar-refractivity contribution in [3.63, 3.8) is 0 Å². The number of ether oxygens (including phenoxy) is 1. The van der Waals surface area contributed by atoms with E-state index in [0.717, 1.165) is 5.75 Å². The van der Waals surface area contributed by atoms with Gasteiger partial charge in [0.15, 0.2) is 0 Å². The predicted octanol–water partition coefficient (Wildman–Crippen LogP) is 1.38. The number of para-hydroxylation sites is 1. The molecular formula is C9H12O5TiW-4. The van der Waals surface area contributed by atoms with Crippen molar-refractivity contribution in [2.45, 2.75) is 0 Å². The van der Waals surface area contributed by atoms with Crippen molar-refractivity contribution in [1.82, 2.24) is 0 Å². The Morgan fingerprint density at radius 2 is 1.50 bits per heavy atom. The molecule has 0 bridgehead atoms. The second-order valence-corrected chi connectivity index (χ2v) is 2.25. The topological polar surface area (TPSA) is 129 Å². The Bertz CT molecular complexity index is 282. The quantitative estimate of drug-likeness (QED) is 0.573. The summed E-state index contributed by atoms with van der Waals surface area (Å²) in [4.78, 5) is 0. The molecule has 1 aliphatic rings. The smallest absolute Gasteiger partial charge is 0.126 e. The average Bonchev–Trinajstić information content (AvgIpc) is 2.05. The van der Waals surface area contributed by atoms with Gasteiger partial charge in [-0.1, -0.05) is 24.3 Å². The van der Waals surface area contributed by atoms with Crippen LogP contribution in [0.5, 0.6) is 5.75 Å². The molecule has 0 aliphatic carbocycles. The van der Waals surface area contributed by atoms with Crippen molar-refractivity contribution in [3.05, 3.63) is 35.9 Å². The number of rotatable bonds is 0. The summed E-state index contributed by atoms with van der Waals surface area (Å²) in [6, 6.07) is 8.03. The number of benzene rings is 1. The zero-order valence-electron chi connectivity index (χ0n) is 8.28. The standard InChI is InChI=1S/C9H8O.4H2O.Ti.W/c1-2-6-9-8(4-1)5-3-7-10-9;;;;;;/h1-6H,7H2;4*1H2;;/p-4. The number of fused-ring (bicyclic) bond motifs is 1. The van der Waals surface area contributed by atoms with Crippen LogP contribution in [0.2, 0.25) is 0 Å². The van der Waals surface area contributed by atoms with Gasteiger partial charge in [-0.15, -0.1) is 0 Å². The van der Waals surface area contributed by atoms with Crippen molar-refractivity contribution in [1.29, 1.82) is 0 Å². The van der Waals surface area contributed by atoms with E-state index < -0.39 is 0 Å². The minimum atomic E-state index is 0. The zero-order chi connectivity index (χ0) is 6.81. The molecule has 0 aromatic heterocycles. The maximum atomic E-state index is 5.34. The van der Waals surface area contributed by atoms with E-state index in [-0.39, 0.29) is 64.7 Å². The van der Waals surface area contributed by atoms with E-state index in [0.29, 0.717) is 6.61 Å². The van der Waals surface area contributed by atoms with Crippen LogP contribution in [0.25, 0.3) is 6.08 Å². The van der Waals surface area contributed by atoms with Crippen molar-refractivity contribution in [2.24, 2.45) is 0 Å². The molecule has 5 nitrogen and oxygen atoms in total. The van der Waals surface area contributed by atoms with Crippen LogP contribution in [0.1, 0.15) is 5.56 Å². The summed E-state index contributed by atoms with van der Waals surface area (Å²) in [7, 11) is 0. The van der Waals surface area contributed by atoms with Gasteiger partial charge in [0, 0.05) is 48.3 Å². The molecule has 1 heterocycles. The second kappa shape index (κ2) is 15.0. The van der Waals surface area contributed by atoms with Crippen molar-refractivity contribution in [3.8, 4) is 5.75 Å². The van der Waals surface area contributed by atoms with Gasteiger partial charge in [-0.3, -0.25) is 0 Å². The molecule has 0 saturated carbocycles. The third-order valence-electron chi connectivity index (χ3n) is 1.55. The Kier molecular flexibility index (Phi) is 27.9. The van der Waals surface area contributed by atoms with Crippen LogP contribution in [-0.2, 0) is 42.8 Å². The first-order chi connectivity index (χ1) is 4.97. The van der Waals surface area contributed by atoms with Gasteiger partial charge in [-0.05, 0) is 12.1 Å². The molecule has 0 radical (unpaired) electrons. The van der Waals surface area contributed by atoms with E-state index >= 15 is 0 Å². The summed E-state index contributed by atoms with van der Waals surface area (Å²) in [6.45, 7) is 0.705. The van der Waals surface area contributed by atoms with Gasteiger partial charge < -0.3 is 26.6 Å². The monoisotopic (exact) mass is 432 g/mol. The van der Waals surface area contributed by atoms with E-state index in [1.54, 1.807) is 0 Å². The Morgan fingerprint density at radius 1 is 0.938 bits per heavy atom. The zero-order valence-corrected chi connectivity index (χ0v) is 12.8. The van der Waals surface area contributed by atoms with Gasteiger partial charge >= 0.3 is 0 Å². The first-order valence-electron chi connectivity index (χ1n) is 3.35. The van der Waals surface area contributed by atoms with Crippen LogP contribution in [0.3, 0.4) is 0 Å². The Balaban J connectivity index is -0.0000000672. The molecule has 2 rings (SSSR count). The SMILES string of the molecule is C1=Cc2ccccc2OC1.[OH-].[OH-].[OH-].[OH-].[Ti].[W]. The molecule has 92 valence electrons. The van der Waals surface area contributed by atoms with Crippen molar-refractivity contribution >= 4 is 6.08 Å². The molecular weight excluding hydrogens is 420 g/mol. The Morgan fingerprint density at radius 3 is 2.06 bits per heavy atom. The second-order valence-electron chi connectivity index (χ2n) is 2.25. The molecule has 0 spiro atoms. The third kappa shape index (κ3) is 7.30. The van der Waals surface area contributed by atoms with Gasteiger partial charge in [0.1, 0.15) is 12.4 Å². The third-order valence-corrected chi connectivity index (χ3v) is 1.55. The molecule has 7 heteroatoms. The summed E-state index contributed by atoms with van der Waals surface area (Å²) in [5, 5.41) is 0. The molecule has 1 aliphatic heterocycles. The molecule has 4 N–H and O–H groups in total. The van der Waals surface area contributed by atoms with Crippen LogP contribution in [0.15, 0.2) is 30.3 Å². The fourth-order valence-electron chi connectivity index (χ4n) is 1.06. The molecule has 1 aromatic carbocycles. The summed E-state index contributed by atoms with van der Waals surface area (Å²) >= 11 is 0. The summed E-state index contributed by atoms with van der Waals surface area (Å²) in [5.41, 5.74) is 1.17. The van der Waals surface area contributed by atoms with E-state index in [1.165, 1.54) is 5.56 Å². The fraction of sp³-hybridized carbons (Fsp3) is 0.111. The van der Waals surface area contributed by atoms with Crippen molar-refractivity contribution < 1.29 is 69.4 Å². The minimum absolute atomic E-state index is 0. The molecule has 0 fully saturated rings. The van der Waals surface area contributed by atoms with Crippen molar-refractivity contribution in [2.75, 3.05) is 6.61 Å². The van der Waals surface area contributed by atoms with Gasteiger partial charge in [-0.25, -0.2) is 0 Å². The van der Waals surface area contributed by atoms with Crippen LogP contribution in [0, 0.1) is 0 Å². The molecule has 1 aromatic rings. The average molecular weight is 432 g/mol. The predicted molar refractivity (Wildman–Crippen MR) is 48.7 cm³/mol. The fourth-order valence-corrected chi connectivity index (χ4v) is 1.06. The molecule has 16 heavy (non-hydrogen) atoms. The summed E-state index contributed by atoms with van der Waals surface area (Å²) in [6.07, 6.45) is 4.10. The first kappa shape index (κ1) is 29.8. The van der Waals surface area contributed by atoms with Gasteiger partial charge in [0.05, 0.1) is 0 Å². The summed E-state index contributed by atoms with van der Waals surface area (Å²) in [5.74, 6) is 0.991. The Hall–Kier alpha value is 0.00260. The molecule has 0 atom stereocenters. The molecule has 0 saturated heterocycles. The normalized spacial score (nSPS) is 8.75. The first-order valence-corrected chi connectivity index (χ1v) is 3.35. The number of hydrogen-bond donors (Lipinski definition) is 0. The van der Waals surface area contributed by atoms with Crippen LogP contribution >= 0.6 is 0 Å². The van der Waals surface area contributed by atoms with E-state index in [1.807, 2.05) is 30.3 Å². The van der Waals surface area contributed by atoms with Gasteiger partial charge in [0.25, 0.3) is 0 Å². The largest absolute Gasteiger partial charge is 0.870 e. The van der Waals surface area contributed by atoms with Gasteiger partial charge in [0.2, 0.25) is 0 Å². The van der Waals surface area contributed by atoms with E-state index in [9.17, 15) is 0 Å². The summed E-state index contributed by atoms with van der Waals surface area (Å²) < 4.78 is 5.34.